The zero-order valence-electron chi connectivity index (χ0n) is 10.1. The molecule has 0 bridgehead atoms. The topological polar surface area (TPSA) is 89.9 Å². The number of aliphatic hydroxyl groups is 1. The molecule has 3 N–H and O–H groups in total. The lowest BCUT2D eigenvalue weighted by Crippen LogP contribution is -2.51. The molecule has 1 saturated carbocycles. The van der Waals surface area contributed by atoms with Gasteiger partial charge in [-0.05, 0) is 12.8 Å². The van der Waals surface area contributed by atoms with E-state index in [1.807, 2.05) is 0 Å². The molecule has 1 atom stereocenters. The smallest absolute Gasteiger partial charge is 0.328 e. The number of carboxylic acids is 1. The summed E-state index contributed by atoms with van der Waals surface area (Å²) < 4.78 is 0. The molecule has 1 fully saturated rings. The molecule has 98 valence electrons. The van der Waals surface area contributed by atoms with E-state index in [0.717, 1.165) is 25.7 Å². The van der Waals surface area contributed by atoms with Gasteiger partial charge in [0.15, 0.2) is 6.04 Å². The molecule has 0 aromatic rings. The predicted molar refractivity (Wildman–Crippen MR) is 61.7 cm³/mol. The Hall–Kier alpha value is -1.30. The maximum atomic E-state index is 11.8. The Morgan fingerprint density at radius 2 is 1.94 bits per heavy atom. The Bertz CT molecular complexity index is 277. The fraction of sp³-hybridized carbons (Fsp3) is 0.818. The highest BCUT2D eigenvalue weighted by Gasteiger charge is 2.25. The fourth-order valence-corrected chi connectivity index (χ4v) is 2.07. The van der Waals surface area contributed by atoms with Crippen molar-refractivity contribution in [2.24, 2.45) is 0 Å². The van der Waals surface area contributed by atoms with Gasteiger partial charge in [0.1, 0.15) is 0 Å². The van der Waals surface area contributed by atoms with Gasteiger partial charge in [0.25, 0.3) is 0 Å². The number of hydrogen-bond acceptors (Lipinski definition) is 3. The number of aliphatic hydroxyl groups excluding tert-OH is 1. The third kappa shape index (κ3) is 3.89. The van der Waals surface area contributed by atoms with E-state index in [1.165, 1.54) is 6.42 Å². The molecule has 1 aliphatic rings. The van der Waals surface area contributed by atoms with Crippen LogP contribution in [0.25, 0.3) is 0 Å². The minimum atomic E-state index is -1.23. The lowest BCUT2D eigenvalue weighted by molar-refractivity contribution is -0.140. The minimum Gasteiger partial charge on any atom is -0.480 e. The van der Waals surface area contributed by atoms with E-state index in [0.29, 0.717) is 0 Å². The Morgan fingerprint density at radius 3 is 2.41 bits per heavy atom. The quantitative estimate of drug-likeness (QED) is 0.668. The van der Waals surface area contributed by atoms with Crippen molar-refractivity contribution in [3.05, 3.63) is 0 Å². The van der Waals surface area contributed by atoms with Gasteiger partial charge < -0.3 is 20.4 Å². The molecule has 0 heterocycles. The van der Waals surface area contributed by atoms with Crippen molar-refractivity contribution < 1.29 is 19.8 Å². The number of rotatable bonds is 4. The summed E-state index contributed by atoms with van der Waals surface area (Å²) in [4.78, 5) is 24.0. The standard InChI is InChI=1S/C11H20N2O4/c1-13(8-5-3-2-4-6-8)11(17)12-9(7-14)10(15)16/h8-9,14H,2-7H2,1H3,(H,12,17)(H,15,16). The molecule has 1 aliphatic carbocycles. The first-order valence-corrected chi connectivity index (χ1v) is 5.93. The van der Waals surface area contributed by atoms with Crippen LogP contribution in [0.4, 0.5) is 4.79 Å². The lowest BCUT2D eigenvalue weighted by atomic mass is 9.95. The van der Waals surface area contributed by atoms with Crippen LogP contribution >= 0.6 is 0 Å². The summed E-state index contributed by atoms with van der Waals surface area (Å²) in [5, 5.41) is 19.8. The van der Waals surface area contributed by atoms with Gasteiger partial charge in [-0.1, -0.05) is 19.3 Å². The lowest BCUT2D eigenvalue weighted by Gasteiger charge is -2.31. The molecule has 17 heavy (non-hydrogen) atoms. The normalized spacial score (nSPS) is 18.5. The summed E-state index contributed by atoms with van der Waals surface area (Å²) in [7, 11) is 1.67. The Labute approximate surface area is 101 Å². The summed E-state index contributed by atoms with van der Waals surface area (Å²) >= 11 is 0. The van der Waals surface area contributed by atoms with Gasteiger partial charge in [-0.25, -0.2) is 9.59 Å². The fourth-order valence-electron chi connectivity index (χ4n) is 2.07. The van der Waals surface area contributed by atoms with E-state index in [9.17, 15) is 9.59 Å². The molecule has 0 aromatic heterocycles. The third-order valence-corrected chi connectivity index (χ3v) is 3.22. The van der Waals surface area contributed by atoms with Crippen molar-refractivity contribution in [2.45, 2.75) is 44.2 Å². The van der Waals surface area contributed by atoms with Crippen molar-refractivity contribution in [1.29, 1.82) is 0 Å². The van der Waals surface area contributed by atoms with Gasteiger partial charge in [0, 0.05) is 13.1 Å². The Kier molecular flexibility index (Phi) is 5.21. The highest BCUT2D eigenvalue weighted by Crippen LogP contribution is 2.21. The van der Waals surface area contributed by atoms with E-state index in [1.54, 1.807) is 11.9 Å². The first kappa shape index (κ1) is 13.8. The van der Waals surface area contributed by atoms with Crippen LogP contribution in [0.3, 0.4) is 0 Å². The van der Waals surface area contributed by atoms with E-state index in [2.05, 4.69) is 5.32 Å². The largest absolute Gasteiger partial charge is 0.480 e. The molecule has 0 radical (unpaired) electrons. The van der Waals surface area contributed by atoms with Crippen molar-refractivity contribution in [3.8, 4) is 0 Å². The molecule has 1 unspecified atom stereocenters. The molecule has 0 saturated heterocycles. The molecule has 1 rings (SSSR count). The van der Waals surface area contributed by atoms with Crippen LogP contribution in [-0.2, 0) is 4.79 Å². The molecule has 0 aliphatic heterocycles. The van der Waals surface area contributed by atoms with Gasteiger partial charge in [-0.2, -0.15) is 0 Å². The van der Waals surface area contributed by atoms with Crippen LogP contribution in [0.5, 0.6) is 0 Å². The maximum Gasteiger partial charge on any atom is 0.328 e. The number of hydrogen-bond donors (Lipinski definition) is 3. The minimum absolute atomic E-state index is 0.178. The molecule has 6 nitrogen and oxygen atoms in total. The first-order chi connectivity index (χ1) is 8.06. The maximum absolute atomic E-state index is 11.8. The molecule has 0 aromatic carbocycles. The summed E-state index contributed by atoms with van der Waals surface area (Å²) in [6.07, 6.45) is 5.32. The van der Waals surface area contributed by atoms with E-state index in [-0.39, 0.29) is 6.04 Å². The predicted octanol–water partition coefficient (Wildman–Crippen LogP) is 0.406. The van der Waals surface area contributed by atoms with Crippen LogP contribution in [0, 0.1) is 0 Å². The number of carbonyl (C=O) groups is 2. The molecule has 2 amide bonds. The zero-order valence-corrected chi connectivity index (χ0v) is 10.1. The number of carboxylic acid groups (broad SMARTS) is 1. The van der Waals surface area contributed by atoms with Crippen LogP contribution in [-0.4, -0.2) is 52.9 Å². The second-order valence-corrected chi connectivity index (χ2v) is 4.43. The molecule has 6 heteroatoms. The first-order valence-electron chi connectivity index (χ1n) is 5.93. The molecular formula is C11H20N2O4. The number of urea groups is 1. The second kappa shape index (κ2) is 6.44. The number of amides is 2. The van der Waals surface area contributed by atoms with Crippen molar-refractivity contribution in [2.75, 3.05) is 13.7 Å². The molecular weight excluding hydrogens is 224 g/mol. The number of aliphatic carboxylic acids is 1. The summed E-state index contributed by atoms with van der Waals surface area (Å²) in [5.41, 5.74) is 0. The van der Waals surface area contributed by atoms with Crippen molar-refractivity contribution in [1.82, 2.24) is 10.2 Å². The van der Waals surface area contributed by atoms with Gasteiger partial charge in [-0.15, -0.1) is 0 Å². The van der Waals surface area contributed by atoms with Gasteiger partial charge in [0.05, 0.1) is 6.61 Å². The zero-order chi connectivity index (χ0) is 12.8. The Balaban J connectivity index is 2.47. The summed E-state index contributed by atoms with van der Waals surface area (Å²) in [6, 6.07) is -1.48. The summed E-state index contributed by atoms with van der Waals surface area (Å²) in [6.45, 7) is -0.598. The van der Waals surface area contributed by atoms with Crippen molar-refractivity contribution >= 4 is 12.0 Å². The average Bonchev–Trinajstić information content (AvgIpc) is 2.35. The van der Waals surface area contributed by atoms with Gasteiger partial charge in [-0.3, -0.25) is 0 Å². The third-order valence-electron chi connectivity index (χ3n) is 3.22. The van der Waals surface area contributed by atoms with Gasteiger partial charge in [0.2, 0.25) is 0 Å². The monoisotopic (exact) mass is 244 g/mol. The Morgan fingerprint density at radius 1 is 1.35 bits per heavy atom. The number of carbonyl (C=O) groups excluding carboxylic acids is 1. The highest BCUT2D eigenvalue weighted by molar-refractivity contribution is 5.82. The van der Waals surface area contributed by atoms with E-state index in [4.69, 9.17) is 10.2 Å². The molecule has 0 spiro atoms. The number of nitrogens with one attached hydrogen (secondary N) is 1. The second-order valence-electron chi connectivity index (χ2n) is 4.43. The average molecular weight is 244 g/mol. The van der Waals surface area contributed by atoms with Gasteiger partial charge >= 0.3 is 12.0 Å². The van der Waals surface area contributed by atoms with E-state index >= 15 is 0 Å². The highest BCUT2D eigenvalue weighted by atomic mass is 16.4. The van der Waals surface area contributed by atoms with Crippen LogP contribution in [0.2, 0.25) is 0 Å². The summed E-state index contributed by atoms with van der Waals surface area (Å²) in [5.74, 6) is -1.22. The van der Waals surface area contributed by atoms with Crippen LogP contribution < -0.4 is 5.32 Å². The number of nitrogens with zero attached hydrogens (tertiary/aromatic N) is 1. The van der Waals surface area contributed by atoms with Crippen LogP contribution in [0.1, 0.15) is 32.1 Å². The van der Waals surface area contributed by atoms with Crippen molar-refractivity contribution in [3.63, 3.8) is 0 Å². The van der Waals surface area contributed by atoms with Crippen LogP contribution in [0.15, 0.2) is 0 Å². The SMILES string of the molecule is CN(C(=O)NC(CO)C(=O)O)C1CCCCC1. The van der Waals surface area contributed by atoms with E-state index < -0.39 is 24.6 Å².